The second-order valence-electron chi connectivity index (χ2n) is 3.43. The van der Waals surface area contributed by atoms with Crippen molar-refractivity contribution in [3.63, 3.8) is 0 Å². The van der Waals surface area contributed by atoms with E-state index in [9.17, 15) is 4.79 Å². The summed E-state index contributed by atoms with van der Waals surface area (Å²) in [7, 11) is 0. The molecule has 2 rings (SSSR count). The number of furan rings is 1. The summed E-state index contributed by atoms with van der Waals surface area (Å²) in [5.41, 5.74) is 1.54. The number of amides is 1. The largest absolute Gasteiger partial charge is 0.469 e. The van der Waals surface area contributed by atoms with Gasteiger partial charge in [-0.15, -0.1) is 0 Å². The molecule has 16 heavy (non-hydrogen) atoms. The molecule has 0 aromatic carbocycles. The van der Waals surface area contributed by atoms with Crippen LogP contribution >= 0.6 is 0 Å². The zero-order valence-electron chi connectivity index (χ0n) is 8.93. The van der Waals surface area contributed by atoms with Crippen molar-refractivity contribution < 1.29 is 9.21 Å². The van der Waals surface area contributed by atoms with E-state index < -0.39 is 0 Å². The number of rotatable bonds is 3. The summed E-state index contributed by atoms with van der Waals surface area (Å²) in [5, 5.41) is 2.80. The van der Waals surface area contributed by atoms with Crippen LogP contribution in [0.25, 0.3) is 0 Å². The molecule has 0 spiro atoms. The lowest BCUT2D eigenvalue weighted by atomic mass is 10.2. The first-order chi connectivity index (χ1) is 7.77. The Balaban J connectivity index is 1.97. The van der Waals surface area contributed by atoms with Crippen LogP contribution < -0.4 is 5.32 Å². The van der Waals surface area contributed by atoms with Crippen LogP contribution in [0.2, 0.25) is 0 Å². The van der Waals surface area contributed by atoms with E-state index in [4.69, 9.17) is 4.42 Å². The van der Waals surface area contributed by atoms with Crippen LogP contribution in [-0.2, 0) is 6.54 Å². The van der Waals surface area contributed by atoms with Gasteiger partial charge >= 0.3 is 0 Å². The number of pyridine rings is 1. The van der Waals surface area contributed by atoms with Crippen LogP contribution in [0.4, 0.5) is 0 Å². The van der Waals surface area contributed by atoms with Gasteiger partial charge in [-0.3, -0.25) is 9.78 Å². The lowest BCUT2D eigenvalue weighted by molar-refractivity contribution is 0.0949. The molecule has 0 atom stereocenters. The van der Waals surface area contributed by atoms with E-state index in [0.717, 1.165) is 5.56 Å². The summed E-state index contributed by atoms with van der Waals surface area (Å²) in [4.78, 5) is 15.7. The van der Waals surface area contributed by atoms with Crippen LogP contribution in [0.15, 0.2) is 41.3 Å². The highest BCUT2D eigenvalue weighted by Crippen LogP contribution is 2.08. The zero-order chi connectivity index (χ0) is 11.4. The van der Waals surface area contributed by atoms with Crippen molar-refractivity contribution in [1.29, 1.82) is 0 Å². The third kappa shape index (κ3) is 2.28. The average molecular weight is 216 g/mol. The Morgan fingerprint density at radius 1 is 1.50 bits per heavy atom. The van der Waals surface area contributed by atoms with Gasteiger partial charge < -0.3 is 9.73 Å². The predicted molar refractivity (Wildman–Crippen MR) is 58.9 cm³/mol. The Morgan fingerprint density at radius 3 is 3.00 bits per heavy atom. The molecule has 0 bridgehead atoms. The summed E-state index contributed by atoms with van der Waals surface area (Å²) < 4.78 is 5.06. The smallest absolute Gasteiger partial charge is 0.255 e. The minimum atomic E-state index is -0.130. The van der Waals surface area contributed by atoms with Crippen LogP contribution in [0.1, 0.15) is 21.7 Å². The van der Waals surface area contributed by atoms with Crippen molar-refractivity contribution in [2.45, 2.75) is 13.5 Å². The first-order valence-electron chi connectivity index (χ1n) is 4.98. The second-order valence-corrected chi connectivity index (χ2v) is 3.43. The Bertz CT molecular complexity index is 477. The number of nitrogens with zero attached hydrogens (tertiary/aromatic N) is 1. The molecule has 0 saturated carbocycles. The predicted octanol–water partition coefficient (Wildman–Crippen LogP) is 1.91. The molecule has 82 valence electrons. The number of carbonyl (C=O) groups excluding carboxylic acids is 1. The molecular weight excluding hydrogens is 204 g/mol. The first-order valence-corrected chi connectivity index (χ1v) is 4.98. The number of hydrogen-bond donors (Lipinski definition) is 1. The molecular formula is C12H12N2O2. The van der Waals surface area contributed by atoms with Gasteiger partial charge in [0.2, 0.25) is 0 Å². The van der Waals surface area contributed by atoms with Gasteiger partial charge in [-0.05, 0) is 24.6 Å². The molecule has 0 radical (unpaired) electrons. The van der Waals surface area contributed by atoms with Gasteiger partial charge in [0.15, 0.2) is 0 Å². The number of aromatic nitrogens is 1. The molecule has 0 saturated heterocycles. The van der Waals surface area contributed by atoms with Crippen LogP contribution in [0.3, 0.4) is 0 Å². The standard InChI is InChI=1S/C12H12N2O2/c1-9-11(4-6-16-9)12(15)14-8-10-3-2-5-13-7-10/h2-7H,8H2,1H3,(H,14,15). The zero-order valence-corrected chi connectivity index (χ0v) is 8.93. The molecule has 4 heteroatoms. The maximum Gasteiger partial charge on any atom is 0.255 e. The van der Waals surface area contributed by atoms with E-state index >= 15 is 0 Å². The van der Waals surface area contributed by atoms with Gasteiger partial charge in [0.05, 0.1) is 11.8 Å². The van der Waals surface area contributed by atoms with Gasteiger partial charge in [-0.2, -0.15) is 0 Å². The van der Waals surface area contributed by atoms with Gasteiger partial charge in [0.1, 0.15) is 5.76 Å². The molecule has 1 N–H and O–H groups in total. The Hall–Kier alpha value is -2.10. The number of nitrogens with one attached hydrogen (secondary N) is 1. The Kier molecular flexibility index (Phi) is 3.00. The number of carbonyl (C=O) groups is 1. The van der Waals surface area contributed by atoms with Gasteiger partial charge in [-0.25, -0.2) is 0 Å². The summed E-state index contributed by atoms with van der Waals surface area (Å²) in [6.45, 7) is 2.23. The lowest BCUT2D eigenvalue weighted by Gasteiger charge is -2.03. The van der Waals surface area contributed by atoms with E-state index in [1.807, 2.05) is 12.1 Å². The first kappa shape index (κ1) is 10.4. The SMILES string of the molecule is Cc1occc1C(=O)NCc1cccnc1. The highest BCUT2D eigenvalue weighted by molar-refractivity contribution is 5.94. The molecule has 1 amide bonds. The highest BCUT2D eigenvalue weighted by atomic mass is 16.3. The maximum absolute atomic E-state index is 11.7. The molecule has 0 aliphatic heterocycles. The van der Waals surface area contributed by atoms with Crippen molar-refractivity contribution in [2.24, 2.45) is 0 Å². The minimum Gasteiger partial charge on any atom is -0.469 e. The monoisotopic (exact) mass is 216 g/mol. The van der Waals surface area contributed by atoms with Crippen LogP contribution in [0, 0.1) is 6.92 Å². The lowest BCUT2D eigenvalue weighted by Crippen LogP contribution is -2.22. The maximum atomic E-state index is 11.7. The molecule has 0 unspecified atom stereocenters. The van der Waals surface area contributed by atoms with Gasteiger partial charge in [0, 0.05) is 18.9 Å². The summed E-state index contributed by atoms with van der Waals surface area (Å²) >= 11 is 0. The summed E-state index contributed by atoms with van der Waals surface area (Å²) in [6.07, 6.45) is 4.93. The summed E-state index contributed by atoms with van der Waals surface area (Å²) in [6, 6.07) is 5.41. The topological polar surface area (TPSA) is 55.1 Å². The summed E-state index contributed by atoms with van der Waals surface area (Å²) in [5.74, 6) is 0.499. The minimum absolute atomic E-state index is 0.130. The van der Waals surface area contributed by atoms with E-state index in [1.54, 1.807) is 25.4 Å². The highest BCUT2D eigenvalue weighted by Gasteiger charge is 2.10. The van der Waals surface area contributed by atoms with Crippen molar-refractivity contribution in [1.82, 2.24) is 10.3 Å². The molecule has 4 nitrogen and oxygen atoms in total. The van der Waals surface area contributed by atoms with Crippen LogP contribution in [0.5, 0.6) is 0 Å². The number of hydrogen-bond acceptors (Lipinski definition) is 3. The van der Waals surface area contributed by atoms with E-state index in [-0.39, 0.29) is 5.91 Å². The fraction of sp³-hybridized carbons (Fsp3) is 0.167. The van der Waals surface area contributed by atoms with Gasteiger partial charge in [-0.1, -0.05) is 6.07 Å². The van der Waals surface area contributed by atoms with E-state index in [0.29, 0.717) is 17.9 Å². The molecule has 2 heterocycles. The Morgan fingerprint density at radius 2 is 2.38 bits per heavy atom. The van der Waals surface area contributed by atoms with E-state index in [1.165, 1.54) is 6.26 Å². The second kappa shape index (κ2) is 4.61. The van der Waals surface area contributed by atoms with Crippen molar-refractivity contribution in [3.8, 4) is 0 Å². The fourth-order valence-electron chi connectivity index (χ4n) is 1.40. The third-order valence-electron chi connectivity index (χ3n) is 2.28. The molecule has 0 aliphatic carbocycles. The molecule has 0 fully saturated rings. The fourth-order valence-corrected chi connectivity index (χ4v) is 1.40. The van der Waals surface area contributed by atoms with E-state index in [2.05, 4.69) is 10.3 Å². The van der Waals surface area contributed by atoms with Crippen LogP contribution in [-0.4, -0.2) is 10.9 Å². The van der Waals surface area contributed by atoms with Crippen molar-refractivity contribution >= 4 is 5.91 Å². The molecule has 2 aromatic rings. The average Bonchev–Trinajstić information content (AvgIpc) is 2.74. The third-order valence-corrected chi connectivity index (χ3v) is 2.28. The van der Waals surface area contributed by atoms with Crippen molar-refractivity contribution in [2.75, 3.05) is 0 Å². The molecule has 0 aliphatic rings. The quantitative estimate of drug-likeness (QED) is 0.852. The number of aryl methyl sites for hydroxylation is 1. The Labute approximate surface area is 93.3 Å². The van der Waals surface area contributed by atoms with Crippen molar-refractivity contribution in [3.05, 3.63) is 53.7 Å². The van der Waals surface area contributed by atoms with Gasteiger partial charge in [0.25, 0.3) is 5.91 Å². The normalized spacial score (nSPS) is 10.1. The molecule has 2 aromatic heterocycles.